The van der Waals surface area contributed by atoms with Crippen molar-refractivity contribution in [3.8, 4) is 5.69 Å². The number of carbonyl (C=O) groups is 3. The molecule has 1 atom stereocenters. The maximum absolute atomic E-state index is 12.4. The largest absolute Gasteiger partial charge is 0.364 e. The topological polar surface area (TPSA) is 120 Å². The van der Waals surface area contributed by atoms with E-state index in [0.717, 1.165) is 16.7 Å². The summed E-state index contributed by atoms with van der Waals surface area (Å²) in [5, 5.41) is 10.5. The molecule has 0 saturated carbocycles. The van der Waals surface area contributed by atoms with E-state index in [4.69, 9.17) is 5.73 Å². The highest BCUT2D eigenvalue weighted by atomic mass is 16.2. The minimum absolute atomic E-state index is 0.0431. The molecular weight excluding hydrogens is 394 g/mol. The summed E-state index contributed by atoms with van der Waals surface area (Å²) in [5.74, 6) is -0.871. The van der Waals surface area contributed by atoms with E-state index in [9.17, 15) is 14.4 Å². The summed E-state index contributed by atoms with van der Waals surface area (Å²) in [4.78, 5) is 35.8. The van der Waals surface area contributed by atoms with Crippen molar-refractivity contribution in [2.24, 2.45) is 5.73 Å². The lowest BCUT2D eigenvalue weighted by molar-refractivity contribution is -0.121. The zero-order valence-corrected chi connectivity index (χ0v) is 17.8. The zero-order valence-electron chi connectivity index (χ0n) is 17.8. The fraction of sp³-hybridized carbons (Fsp3) is 0.261. The number of ketones is 1. The van der Waals surface area contributed by atoms with Crippen molar-refractivity contribution in [3.05, 3.63) is 76.6 Å². The highest BCUT2D eigenvalue weighted by molar-refractivity contribution is 5.98. The minimum Gasteiger partial charge on any atom is -0.364 e. The van der Waals surface area contributed by atoms with Gasteiger partial charge in [0.1, 0.15) is 0 Å². The number of carbonyl (C=O) groups excluding carboxylic acids is 3. The summed E-state index contributed by atoms with van der Waals surface area (Å²) in [6.07, 6.45) is 1.74. The Morgan fingerprint density at radius 1 is 1.03 bits per heavy atom. The van der Waals surface area contributed by atoms with Crippen LogP contribution in [0.3, 0.4) is 0 Å². The van der Waals surface area contributed by atoms with E-state index in [1.54, 1.807) is 18.2 Å². The van der Waals surface area contributed by atoms with E-state index in [-0.39, 0.29) is 36.3 Å². The number of nitrogens with zero attached hydrogens (tertiary/aromatic N) is 3. The second-order valence-electron chi connectivity index (χ2n) is 7.52. The van der Waals surface area contributed by atoms with Crippen LogP contribution >= 0.6 is 0 Å². The van der Waals surface area contributed by atoms with Crippen LogP contribution in [-0.4, -0.2) is 32.6 Å². The molecule has 0 aliphatic carbocycles. The molecule has 0 fully saturated rings. The maximum atomic E-state index is 12.4. The van der Waals surface area contributed by atoms with Gasteiger partial charge in [-0.2, -0.15) is 0 Å². The lowest BCUT2D eigenvalue weighted by Gasteiger charge is -2.15. The number of aromatic nitrogens is 3. The maximum Gasteiger partial charge on any atom is 0.270 e. The summed E-state index contributed by atoms with van der Waals surface area (Å²) in [6, 6.07) is 12.7. The average Bonchev–Trinajstić information content (AvgIpc) is 3.25. The molecular formula is C23H25N5O3. The fourth-order valence-electron chi connectivity index (χ4n) is 3.10. The van der Waals surface area contributed by atoms with Crippen molar-refractivity contribution >= 4 is 17.6 Å². The lowest BCUT2D eigenvalue weighted by atomic mass is 10.0. The van der Waals surface area contributed by atoms with Crippen molar-refractivity contribution in [2.45, 2.75) is 39.7 Å². The third kappa shape index (κ3) is 5.42. The minimum atomic E-state index is -0.643. The molecule has 2 aromatic carbocycles. The first-order chi connectivity index (χ1) is 14.7. The number of aryl methyl sites for hydroxylation is 2. The quantitative estimate of drug-likeness (QED) is 0.544. The molecule has 0 bridgehead atoms. The standard InChI is InChI=1S/C23H25N5O3/c1-14-4-5-18(12-15(14)2)21(29)10-11-22(30)25-16(3)17-6-8-19(9-7-17)28-13-20(23(24)31)26-27-28/h4-9,12-13,16H,10-11H2,1-3H3,(H2,24,31)(H,25,30)/t16-/m0/s1. The van der Waals surface area contributed by atoms with Gasteiger partial charge in [0, 0.05) is 18.4 Å². The first-order valence-corrected chi connectivity index (χ1v) is 9.97. The van der Waals surface area contributed by atoms with Crippen LogP contribution in [0.1, 0.15) is 63.3 Å². The Balaban J connectivity index is 1.54. The van der Waals surface area contributed by atoms with Gasteiger partial charge in [0.15, 0.2) is 11.5 Å². The summed E-state index contributed by atoms with van der Waals surface area (Å²) in [5.41, 5.74) is 9.70. The number of Topliss-reactive ketones (excluding diaryl/α,β-unsaturated/α-hetero) is 1. The predicted molar refractivity (Wildman–Crippen MR) is 116 cm³/mol. The van der Waals surface area contributed by atoms with E-state index < -0.39 is 5.91 Å². The Morgan fingerprint density at radius 3 is 2.35 bits per heavy atom. The second kappa shape index (κ2) is 9.34. The summed E-state index contributed by atoms with van der Waals surface area (Å²) < 4.78 is 1.45. The second-order valence-corrected chi connectivity index (χ2v) is 7.52. The van der Waals surface area contributed by atoms with Crippen LogP contribution in [0.25, 0.3) is 5.69 Å². The van der Waals surface area contributed by atoms with Crippen LogP contribution in [0.5, 0.6) is 0 Å². The molecule has 0 aliphatic rings. The SMILES string of the molecule is Cc1ccc(C(=O)CCC(=O)N[C@@H](C)c2ccc(-n3cc(C(N)=O)nn3)cc2)cc1C. The Bertz CT molecular complexity index is 1120. The van der Waals surface area contributed by atoms with Crippen molar-refractivity contribution in [3.63, 3.8) is 0 Å². The summed E-state index contributed by atoms with van der Waals surface area (Å²) in [7, 11) is 0. The number of primary amides is 1. The molecule has 0 radical (unpaired) electrons. The third-order valence-electron chi connectivity index (χ3n) is 5.19. The van der Waals surface area contributed by atoms with Gasteiger partial charge in [-0.05, 0) is 55.7 Å². The summed E-state index contributed by atoms with van der Waals surface area (Å²) >= 11 is 0. The van der Waals surface area contributed by atoms with E-state index in [0.29, 0.717) is 11.3 Å². The van der Waals surface area contributed by atoms with Gasteiger partial charge in [-0.25, -0.2) is 4.68 Å². The molecule has 3 N–H and O–H groups in total. The Kier molecular flexibility index (Phi) is 6.59. The molecule has 0 spiro atoms. The van der Waals surface area contributed by atoms with Gasteiger partial charge in [-0.3, -0.25) is 14.4 Å². The Hall–Kier alpha value is -3.81. The van der Waals surface area contributed by atoms with Crippen molar-refractivity contribution in [1.82, 2.24) is 20.3 Å². The van der Waals surface area contributed by atoms with E-state index in [2.05, 4.69) is 15.6 Å². The molecule has 8 heteroatoms. The molecule has 0 unspecified atom stereocenters. The van der Waals surface area contributed by atoms with Gasteiger partial charge in [0.05, 0.1) is 17.9 Å². The van der Waals surface area contributed by atoms with Crippen LogP contribution in [-0.2, 0) is 4.79 Å². The van der Waals surface area contributed by atoms with Crippen LogP contribution in [0, 0.1) is 13.8 Å². The first-order valence-electron chi connectivity index (χ1n) is 9.97. The van der Waals surface area contributed by atoms with E-state index in [1.807, 2.05) is 45.0 Å². The van der Waals surface area contributed by atoms with Crippen molar-refractivity contribution < 1.29 is 14.4 Å². The molecule has 0 aliphatic heterocycles. The highest BCUT2D eigenvalue weighted by Gasteiger charge is 2.14. The first kappa shape index (κ1) is 21.9. The van der Waals surface area contributed by atoms with Gasteiger partial charge < -0.3 is 11.1 Å². The number of hydrogen-bond acceptors (Lipinski definition) is 5. The zero-order chi connectivity index (χ0) is 22.5. The molecule has 8 nitrogen and oxygen atoms in total. The molecule has 3 rings (SSSR count). The molecule has 31 heavy (non-hydrogen) atoms. The number of nitrogens with two attached hydrogens (primary N) is 1. The van der Waals surface area contributed by atoms with Crippen molar-refractivity contribution in [1.29, 1.82) is 0 Å². The molecule has 2 amide bonds. The lowest BCUT2D eigenvalue weighted by Crippen LogP contribution is -2.27. The van der Waals surface area contributed by atoms with Gasteiger partial charge in [-0.15, -0.1) is 5.10 Å². The number of benzene rings is 2. The molecule has 3 aromatic rings. The smallest absolute Gasteiger partial charge is 0.270 e. The van der Waals surface area contributed by atoms with Gasteiger partial charge in [0.2, 0.25) is 5.91 Å². The van der Waals surface area contributed by atoms with Gasteiger partial charge in [-0.1, -0.05) is 29.5 Å². The molecule has 0 saturated heterocycles. The normalized spacial score (nSPS) is 11.7. The van der Waals surface area contributed by atoms with Gasteiger partial charge >= 0.3 is 0 Å². The number of amides is 2. The average molecular weight is 419 g/mol. The van der Waals surface area contributed by atoms with Crippen LogP contribution in [0.2, 0.25) is 0 Å². The van der Waals surface area contributed by atoms with Crippen LogP contribution in [0.15, 0.2) is 48.7 Å². The highest BCUT2D eigenvalue weighted by Crippen LogP contribution is 2.17. The molecule has 1 heterocycles. The number of nitrogens with one attached hydrogen (secondary N) is 1. The molecule has 1 aromatic heterocycles. The third-order valence-corrected chi connectivity index (χ3v) is 5.19. The monoisotopic (exact) mass is 419 g/mol. The van der Waals surface area contributed by atoms with E-state index in [1.165, 1.54) is 10.9 Å². The summed E-state index contributed by atoms with van der Waals surface area (Å²) in [6.45, 7) is 5.83. The van der Waals surface area contributed by atoms with E-state index >= 15 is 0 Å². The van der Waals surface area contributed by atoms with Crippen molar-refractivity contribution in [2.75, 3.05) is 0 Å². The van der Waals surface area contributed by atoms with Gasteiger partial charge in [0.25, 0.3) is 5.91 Å². The predicted octanol–water partition coefficient (Wildman–Crippen LogP) is 2.82. The Labute approximate surface area is 180 Å². The number of hydrogen-bond donors (Lipinski definition) is 2. The number of rotatable bonds is 8. The van der Waals surface area contributed by atoms with Crippen LogP contribution in [0.4, 0.5) is 0 Å². The molecule has 160 valence electrons. The van der Waals surface area contributed by atoms with Crippen LogP contribution < -0.4 is 11.1 Å². The fourth-order valence-corrected chi connectivity index (χ4v) is 3.10. The Morgan fingerprint density at radius 2 is 1.74 bits per heavy atom.